The summed E-state index contributed by atoms with van der Waals surface area (Å²) in [6.07, 6.45) is 1.82. The number of hydrogen-bond donors (Lipinski definition) is 0. The number of carbonyl (C=O) groups excluding carboxylic acids is 1. The van der Waals surface area contributed by atoms with E-state index in [0.29, 0.717) is 11.1 Å². The van der Waals surface area contributed by atoms with Crippen molar-refractivity contribution in [3.05, 3.63) is 57.7 Å². The van der Waals surface area contributed by atoms with Crippen molar-refractivity contribution in [2.75, 3.05) is 6.61 Å². The Morgan fingerprint density at radius 2 is 1.68 bits per heavy atom. The van der Waals surface area contributed by atoms with E-state index in [4.69, 9.17) is 4.74 Å². The molecule has 0 N–H and O–H groups in total. The zero-order chi connectivity index (χ0) is 19.7. The van der Waals surface area contributed by atoms with Gasteiger partial charge in [-0.2, -0.15) is 0 Å². The number of carbonyl (C=O) groups is 1. The summed E-state index contributed by atoms with van der Waals surface area (Å²) in [7, 11) is 0. The molecule has 2 nitrogen and oxygen atoms in total. The van der Waals surface area contributed by atoms with Crippen LogP contribution in [0.4, 0.5) is 8.78 Å². The Bertz CT molecular complexity index is 866. The molecule has 152 valence electrons. The Balaban J connectivity index is 0.00000280. The molecule has 28 heavy (non-hydrogen) atoms. The molecule has 1 fully saturated rings. The molecule has 0 aliphatic heterocycles. The highest BCUT2D eigenvalue weighted by Crippen LogP contribution is 2.45. The van der Waals surface area contributed by atoms with E-state index < -0.39 is 17.6 Å². The average Bonchev–Trinajstić information content (AvgIpc) is 3.41. The molecule has 1 aliphatic rings. The van der Waals surface area contributed by atoms with Crippen LogP contribution in [0.15, 0.2) is 18.2 Å². The Kier molecular flexibility index (Phi) is 7.22. The highest BCUT2D eigenvalue weighted by atomic mass is 35.5. The third-order valence-corrected chi connectivity index (χ3v) is 5.17. The molecule has 2 aromatic rings. The molecule has 5 heteroatoms. The predicted molar refractivity (Wildman–Crippen MR) is 110 cm³/mol. The van der Waals surface area contributed by atoms with Crippen LogP contribution in [0.5, 0.6) is 0 Å². The molecular formula is C23H27ClF2O2. The van der Waals surface area contributed by atoms with E-state index in [9.17, 15) is 4.79 Å². The van der Waals surface area contributed by atoms with Gasteiger partial charge in [-0.05, 0) is 81.2 Å². The fourth-order valence-corrected chi connectivity index (χ4v) is 3.87. The van der Waals surface area contributed by atoms with Gasteiger partial charge >= 0.3 is 5.97 Å². The van der Waals surface area contributed by atoms with Crippen LogP contribution in [-0.2, 0) is 16.0 Å². The van der Waals surface area contributed by atoms with Gasteiger partial charge in [0.05, 0.1) is 6.61 Å². The van der Waals surface area contributed by atoms with Gasteiger partial charge in [0.1, 0.15) is 11.6 Å². The molecule has 0 aromatic heterocycles. The molecule has 0 heterocycles. The summed E-state index contributed by atoms with van der Waals surface area (Å²) < 4.78 is 35.3. The minimum absolute atomic E-state index is 0. The van der Waals surface area contributed by atoms with Gasteiger partial charge in [-0.25, -0.2) is 8.78 Å². The number of halogens is 3. The summed E-state index contributed by atoms with van der Waals surface area (Å²) in [5, 5.41) is 0. The van der Waals surface area contributed by atoms with E-state index in [0.717, 1.165) is 35.1 Å². The van der Waals surface area contributed by atoms with Crippen molar-refractivity contribution in [3.63, 3.8) is 0 Å². The lowest BCUT2D eigenvalue weighted by molar-refractivity contribution is -0.143. The second-order valence-electron chi connectivity index (χ2n) is 7.47. The van der Waals surface area contributed by atoms with Gasteiger partial charge in [0.15, 0.2) is 0 Å². The van der Waals surface area contributed by atoms with Crippen LogP contribution < -0.4 is 0 Å². The van der Waals surface area contributed by atoms with Gasteiger partial charge in [0, 0.05) is 17.5 Å². The van der Waals surface area contributed by atoms with Gasteiger partial charge in [0.25, 0.3) is 0 Å². The van der Waals surface area contributed by atoms with Crippen LogP contribution in [-0.4, -0.2) is 12.6 Å². The lowest BCUT2D eigenvalue weighted by atomic mass is 9.89. The molecule has 0 amide bonds. The third kappa shape index (κ3) is 4.54. The molecule has 3 rings (SSSR count). The van der Waals surface area contributed by atoms with E-state index in [1.54, 1.807) is 13.0 Å². The lowest BCUT2D eigenvalue weighted by Crippen LogP contribution is -2.09. The van der Waals surface area contributed by atoms with E-state index in [2.05, 4.69) is 0 Å². The maximum absolute atomic E-state index is 15.4. The van der Waals surface area contributed by atoms with Gasteiger partial charge in [-0.15, -0.1) is 12.4 Å². The number of aryl methyl sites for hydroxylation is 3. The molecule has 0 saturated heterocycles. The summed E-state index contributed by atoms with van der Waals surface area (Å²) in [4.78, 5) is 11.7. The molecule has 0 spiro atoms. The zero-order valence-electron chi connectivity index (χ0n) is 16.8. The van der Waals surface area contributed by atoms with Gasteiger partial charge < -0.3 is 4.74 Å². The van der Waals surface area contributed by atoms with Crippen LogP contribution in [0, 0.1) is 32.4 Å². The first-order valence-corrected chi connectivity index (χ1v) is 9.58. The summed E-state index contributed by atoms with van der Waals surface area (Å²) in [5.41, 5.74) is 4.88. The number of esters is 1. The Morgan fingerprint density at radius 3 is 2.21 bits per heavy atom. The molecule has 1 saturated carbocycles. The third-order valence-electron chi connectivity index (χ3n) is 5.17. The van der Waals surface area contributed by atoms with Crippen LogP contribution in [0.1, 0.15) is 59.9 Å². The second-order valence-corrected chi connectivity index (χ2v) is 7.47. The smallest absolute Gasteiger partial charge is 0.306 e. The van der Waals surface area contributed by atoms with Crippen molar-refractivity contribution in [3.8, 4) is 11.1 Å². The highest BCUT2D eigenvalue weighted by molar-refractivity contribution is 5.85. The molecule has 0 bridgehead atoms. The number of ether oxygens (including phenoxy) is 1. The first-order valence-electron chi connectivity index (χ1n) is 9.58. The number of hydrogen-bond acceptors (Lipinski definition) is 2. The average molecular weight is 409 g/mol. The van der Waals surface area contributed by atoms with Crippen LogP contribution >= 0.6 is 12.4 Å². The maximum Gasteiger partial charge on any atom is 0.306 e. The number of benzene rings is 2. The predicted octanol–water partition coefficient (Wildman–Crippen LogP) is 6.35. The summed E-state index contributed by atoms with van der Waals surface area (Å²) >= 11 is 0. The first kappa shape index (κ1) is 22.4. The summed E-state index contributed by atoms with van der Waals surface area (Å²) in [6.45, 7) is 7.89. The molecule has 1 aliphatic carbocycles. The molecular weight excluding hydrogens is 382 g/mol. The van der Waals surface area contributed by atoms with Crippen LogP contribution in [0.3, 0.4) is 0 Å². The largest absolute Gasteiger partial charge is 0.466 e. The SMILES string of the molecule is CCOC(=O)CCc1c(F)c(-c2c(C)cc(C)cc2C)cc(C2CC2)c1F.Cl. The standard InChI is InChI=1S/C23H26F2O2.ClH/c1-5-27-20(26)9-8-17-22(24)18(16-6-7-16)12-19(23(17)25)21-14(3)10-13(2)11-15(21)4;/h10-12,16H,5-9H2,1-4H3;1H. The molecule has 0 radical (unpaired) electrons. The van der Waals surface area contributed by atoms with Gasteiger partial charge in [-0.3, -0.25) is 4.79 Å². The van der Waals surface area contributed by atoms with Gasteiger partial charge in [-0.1, -0.05) is 17.7 Å². The second kappa shape index (κ2) is 9.04. The van der Waals surface area contributed by atoms with Crippen molar-refractivity contribution in [2.24, 2.45) is 0 Å². The minimum atomic E-state index is -0.559. The Labute approximate surface area is 171 Å². The Hall–Kier alpha value is -1.94. The highest BCUT2D eigenvalue weighted by Gasteiger charge is 2.31. The summed E-state index contributed by atoms with van der Waals surface area (Å²) in [5.74, 6) is -1.34. The van der Waals surface area contributed by atoms with Crippen molar-refractivity contribution in [1.82, 2.24) is 0 Å². The normalized spacial score (nSPS) is 13.2. The Morgan fingerprint density at radius 1 is 1.07 bits per heavy atom. The van der Waals surface area contributed by atoms with Crippen molar-refractivity contribution in [2.45, 2.75) is 59.3 Å². The fraction of sp³-hybridized carbons (Fsp3) is 0.435. The van der Waals surface area contributed by atoms with Crippen molar-refractivity contribution < 1.29 is 18.3 Å². The first-order chi connectivity index (χ1) is 12.8. The van der Waals surface area contributed by atoms with E-state index >= 15 is 8.78 Å². The van der Waals surface area contributed by atoms with E-state index in [1.807, 2.05) is 32.9 Å². The van der Waals surface area contributed by atoms with Gasteiger partial charge in [0.2, 0.25) is 0 Å². The van der Waals surface area contributed by atoms with E-state index in [-0.39, 0.29) is 43.3 Å². The van der Waals surface area contributed by atoms with E-state index in [1.165, 1.54) is 0 Å². The van der Waals surface area contributed by atoms with Crippen LogP contribution in [0.25, 0.3) is 11.1 Å². The minimum Gasteiger partial charge on any atom is -0.466 e. The number of rotatable bonds is 6. The van der Waals surface area contributed by atoms with Crippen molar-refractivity contribution >= 4 is 18.4 Å². The lowest BCUT2D eigenvalue weighted by Gasteiger charge is -2.18. The molecule has 2 aromatic carbocycles. The quantitative estimate of drug-likeness (QED) is 0.520. The topological polar surface area (TPSA) is 26.3 Å². The zero-order valence-corrected chi connectivity index (χ0v) is 17.6. The van der Waals surface area contributed by atoms with Crippen molar-refractivity contribution in [1.29, 1.82) is 0 Å². The monoisotopic (exact) mass is 408 g/mol. The maximum atomic E-state index is 15.4. The summed E-state index contributed by atoms with van der Waals surface area (Å²) in [6, 6.07) is 5.71. The van der Waals surface area contributed by atoms with Crippen LogP contribution in [0.2, 0.25) is 0 Å². The fourth-order valence-electron chi connectivity index (χ4n) is 3.87. The molecule has 0 atom stereocenters. The molecule has 0 unspecified atom stereocenters.